The van der Waals surface area contributed by atoms with Crippen LogP contribution in [0.15, 0.2) is 12.3 Å². The van der Waals surface area contributed by atoms with E-state index >= 15 is 0 Å². The third kappa shape index (κ3) is 2.56. The summed E-state index contributed by atoms with van der Waals surface area (Å²) >= 11 is 0. The van der Waals surface area contributed by atoms with Crippen molar-refractivity contribution in [3.8, 4) is 0 Å². The van der Waals surface area contributed by atoms with E-state index in [1.807, 2.05) is 10.9 Å². The van der Waals surface area contributed by atoms with Crippen LogP contribution in [0.2, 0.25) is 0 Å². The molecule has 0 fully saturated rings. The molecule has 0 spiro atoms. The first kappa shape index (κ1) is 10.3. The molecule has 0 bridgehead atoms. The number of hydrogen-bond donors (Lipinski definition) is 1. The van der Waals surface area contributed by atoms with Crippen molar-refractivity contribution >= 4 is 0 Å². The Kier molecular flexibility index (Phi) is 3.48. The van der Waals surface area contributed by atoms with Crippen LogP contribution in [0.5, 0.6) is 0 Å². The van der Waals surface area contributed by atoms with Crippen LogP contribution in [0.4, 0.5) is 0 Å². The van der Waals surface area contributed by atoms with E-state index in [0.29, 0.717) is 18.5 Å². The molecule has 1 aromatic heterocycles. The highest BCUT2D eigenvalue weighted by atomic mass is 15.3. The van der Waals surface area contributed by atoms with E-state index in [-0.39, 0.29) is 0 Å². The van der Waals surface area contributed by atoms with Gasteiger partial charge in [-0.15, -0.1) is 0 Å². The number of nitrogens with two attached hydrogens (primary N) is 1. The first-order valence-electron chi connectivity index (χ1n) is 4.87. The van der Waals surface area contributed by atoms with Gasteiger partial charge in [0.1, 0.15) is 0 Å². The van der Waals surface area contributed by atoms with Crippen molar-refractivity contribution in [3.63, 3.8) is 0 Å². The second kappa shape index (κ2) is 4.42. The van der Waals surface area contributed by atoms with E-state index in [4.69, 9.17) is 5.73 Å². The summed E-state index contributed by atoms with van der Waals surface area (Å²) in [5.41, 5.74) is 6.89. The summed E-state index contributed by atoms with van der Waals surface area (Å²) in [5.74, 6) is 0.667. The van der Waals surface area contributed by atoms with Crippen molar-refractivity contribution in [3.05, 3.63) is 18.0 Å². The second-order valence-corrected chi connectivity index (χ2v) is 3.95. The summed E-state index contributed by atoms with van der Waals surface area (Å²) in [6, 6.07) is 2.38. The summed E-state index contributed by atoms with van der Waals surface area (Å²) < 4.78 is 2.03. The lowest BCUT2D eigenvalue weighted by molar-refractivity contribution is 0.466. The van der Waals surface area contributed by atoms with Crippen LogP contribution in [0.1, 0.15) is 32.5 Å². The Bertz CT molecular complexity index is 252. The van der Waals surface area contributed by atoms with Crippen molar-refractivity contribution in [2.24, 2.45) is 11.7 Å². The van der Waals surface area contributed by atoms with Gasteiger partial charge in [0.15, 0.2) is 0 Å². The van der Waals surface area contributed by atoms with Gasteiger partial charge in [-0.3, -0.25) is 4.68 Å². The minimum absolute atomic E-state index is 0.309. The Hall–Kier alpha value is -0.830. The lowest BCUT2D eigenvalue weighted by Crippen LogP contribution is -2.19. The van der Waals surface area contributed by atoms with Gasteiger partial charge in [-0.2, -0.15) is 5.10 Å². The fourth-order valence-electron chi connectivity index (χ4n) is 1.42. The SMILES string of the molecule is CC(C)Cc1ccnn1C(C)CN. The van der Waals surface area contributed by atoms with E-state index in [1.165, 1.54) is 5.69 Å². The van der Waals surface area contributed by atoms with Crippen LogP contribution >= 0.6 is 0 Å². The van der Waals surface area contributed by atoms with Crippen molar-refractivity contribution in [1.82, 2.24) is 9.78 Å². The van der Waals surface area contributed by atoms with Gasteiger partial charge < -0.3 is 5.73 Å². The van der Waals surface area contributed by atoms with Crippen molar-refractivity contribution < 1.29 is 0 Å². The molecule has 1 atom stereocenters. The van der Waals surface area contributed by atoms with Crippen LogP contribution in [-0.2, 0) is 6.42 Å². The zero-order valence-electron chi connectivity index (χ0n) is 8.70. The molecule has 0 aromatic carbocycles. The third-order valence-electron chi connectivity index (χ3n) is 2.13. The maximum absolute atomic E-state index is 5.60. The van der Waals surface area contributed by atoms with Crippen molar-refractivity contribution in [1.29, 1.82) is 0 Å². The number of hydrogen-bond acceptors (Lipinski definition) is 2. The van der Waals surface area contributed by atoms with Gasteiger partial charge in [0.2, 0.25) is 0 Å². The van der Waals surface area contributed by atoms with E-state index in [2.05, 4.69) is 31.9 Å². The van der Waals surface area contributed by atoms with Crippen LogP contribution in [0, 0.1) is 5.92 Å². The van der Waals surface area contributed by atoms with E-state index in [9.17, 15) is 0 Å². The van der Waals surface area contributed by atoms with Gasteiger partial charge in [0, 0.05) is 18.4 Å². The molecule has 1 unspecified atom stereocenters. The molecule has 74 valence electrons. The van der Waals surface area contributed by atoms with Crippen molar-refractivity contribution in [2.45, 2.75) is 33.2 Å². The standard InChI is InChI=1S/C10H19N3/c1-8(2)6-10-4-5-12-13(10)9(3)7-11/h4-5,8-9H,6-7,11H2,1-3H3. The van der Waals surface area contributed by atoms with Crippen molar-refractivity contribution in [2.75, 3.05) is 6.54 Å². The van der Waals surface area contributed by atoms with Crippen LogP contribution in [0.25, 0.3) is 0 Å². The Balaban J connectivity index is 2.76. The first-order chi connectivity index (χ1) is 6.15. The predicted molar refractivity (Wildman–Crippen MR) is 54.5 cm³/mol. The number of rotatable bonds is 4. The molecular formula is C10H19N3. The van der Waals surface area contributed by atoms with E-state index < -0.39 is 0 Å². The lowest BCUT2D eigenvalue weighted by Gasteiger charge is -2.14. The fourth-order valence-corrected chi connectivity index (χ4v) is 1.42. The molecule has 0 saturated carbocycles. The first-order valence-corrected chi connectivity index (χ1v) is 4.87. The minimum atomic E-state index is 0.309. The van der Waals surface area contributed by atoms with Gasteiger partial charge in [-0.25, -0.2) is 0 Å². The van der Waals surface area contributed by atoms with Gasteiger partial charge in [0.25, 0.3) is 0 Å². The van der Waals surface area contributed by atoms with Gasteiger partial charge in [-0.05, 0) is 25.3 Å². The molecule has 1 aromatic rings. The van der Waals surface area contributed by atoms with Crippen LogP contribution in [0.3, 0.4) is 0 Å². The van der Waals surface area contributed by atoms with Crippen LogP contribution in [-0.4, -0.2) is 16.3 Å². The molecule has 0 aliphatic rings. The number of nitrogens with zero attached hydrogens (tertiary/aromatic N) is 2. The molecule has 0 radical (unpaired) electrons. The van der Waals surface area contributed by atoms with E-state index in [0.717, 1.165) is 6.42 Å². The molecule has 1 heterocycles. The molecular weight excluding hydrogens is 162 g/mol. The zero-order valence-corrected chi connectivity index (χ0v) is 8.70. The summed E-state index contributed by atoms with van der Waals surface area (Å²) in [6.45, 7) is 7.17. The average Bonchev–Trinajstić information content (AvgIpc) is 2.50. The molecule has 0 aliphatic carbocycles. The molecule has 13 heavy (non-hydrogen) atoms. The molecule has 0 saturated heterocycles. The normalized spacial score (nSPS) is 13.6. The Morgan fingerprint density at radius 2 is 2.15 bits per heavy atom. The highest BCUT2D eigenvalue weighted by molar-refractivity contribution is 5.02. The third-order valence-corrected chi connectivity index (χ3v) is 2.13. The quantitative estimate of drug-likeness (QED) is 0.766. The smallest absolute Gasteiger partial charge is 0.0616 e. The minimum Gasteiger partial charge on any atom is -0.328 e. The van der Waals surface area contributed by atoms with Gasteiger partial charge in [0.05, 0.1) is 6.04 Å². The Morgan fingerprint density at radius 1 is 1.46 bits per heavy atom. The molecule has 3 nitrogen and oxygen atoms in total. The van der Waals surface area contributed by atoms with Gasteiger partial charge in [-0.1, -0.05) is 13.8 Å². The Labute approximate surface area is 79.9 Å². The van der Waals surface area contributed by atoms with Gasteiger partial charge >= 0.3 is 0 Å². The molecule has 0 amide bonds. The fraction of sp³-hybridized carbons (Fsp3) is 0.700. The Morgan fingerprint density at radius 3 is 2.69 bits per heavy atom. The summed E-state index contributed by atoms with van der Waals surface area (Å²) in [4.78, 5) is 0. The predicted octanol–water partition coefficient (Wildman–Crippen LogP) is 1.60. The average molecular weight is 181 g/mol. The van der Waals surface area contributed by atoms with E-state index in [1.54, 1.807) is 0 Å². The lowest BCUT2D eigenvalue weighted by atomic mass is 10.1. The summed E-state index contributed by atoms with van der Waals surface area (Å²) in [5, 5.41) is 4.28. The monoisotopic (exact) mass is 181 g/mol. The maximum atomic E-state index is 5.60. The summed E-state index contributed by atoms with van der Waals surface area (Å²) in [6.07, 6.45) is 2.92. The zero-order chi connectivity index (χ0) is 9.84. The highest BCUT2D eigenvalue weighted by Crippen LogP contribution is 2.11. The molecule has 2 N–H and O–H groups in total. The number of aromatic nitrogens is 2. The molecule has 3 heteroatoms. The highest BCUT2D eigenvalue weighted by Gasteiger charge is 2.09. The van der Waals surface area contributed by atoms with Crippen LogP contribution < -0.4 is 5.73 Å². The summed E-state index contributed by atoms with van der Waals surface area (Å²) in [7, 11) is 0. The molecule has 0 aliphatic heterocycles. The molecule has 1 rings (SSSR count). The largest absolute Gasteiger partial charge is 0.328 e. The topological polar surface area (TPSA) is 43.8 Å². The second-order valence-electron chi connectivity index (χ2n) is 3.95. The maximum Gasteiger partial charge on any atom is 0.0616 e.